The van der Waals surface area contributed by atoms with Crippen molar-refractivity contribution < 1.29 is 2.69 Å². The first-order valence-corrected chi connectivity index (χ1v) is 10.6. The van der Waals surface area contributed by atoms with Gasteiger partial charge in [0, 0.05) is 0 Å². The maximum absolute atomic E-state index is 9.74. The average molecular weight is 253 g/mol. The molecule has 0 bridgehead atoms. The Hall–Kier alpha value is 0.722. The molecule has 0 spiro atoms. The van der Waals surface area contributed by atoms with E-state index in [1.807, 2.05) is 8.97 Å². The van der Waals surface area contributed by atoms with Crippen molar-refractivity contribution in [2.24, 2.45) is 0 Å². The molecule has 0 radical (unpaired) electrons. The third-order valence-electron chi connectivity index (χ3n) is 0. The first-order chi connectivity index (χ1) is 1.73. The molecule has 0 saturated carbocycles. The summed E-state index contributed by atoms with van der Waals surface area (Å²) in [6.45, 7) is 0. The molecule has 0 aliphatic carbocycles. The molecule has 24 valence electrons. The van der Waals surface area contributed by atoms with Gasteiger partial charge in [0.1, 0.15) is 0 Å². The average Bonchev–Trinajstić information content (AvgIpc) is 0.811. The zero-order chi connectivity index (χ0) is 3.58. The molecule has 4 heavy (non-hydrogen) atoms. The Kier molecular flexibility index (Phi) is 2.35. The van der Waals surface area contributed by atoms with Crippen molar-refractivity contribution in [2.45, 2.75) is 8.97 Å². The van der Waals surface area contributed by atoms with Gasteiger partial charge in [-0.25, -0.2) is 0 Å². The van der Waals surface area contributed by atoms with Gasteiger partial charge in [-0.2, -0.15) is 0 Å². The second-order valence-electron chi connectivity index (χ2n) is 0.908. The van der Waals surface area contributed by atoms with Crippen molar-refractivity contribution in [1.29, 1.82) is 0 Å². The molecule has 0 saturated heterocycles. The quantitative estimate of drug-likeness (QED) is 0.580. The molecule has 0 amide bonds. The third-order valence-corrected chi connectivity index (χ3v) is 0. The van der Waals surface area contributed by atoms with Gasteiger partial charge in [0.25, 0.3) is 0 Å². The molecule has 0 fully saturated rings. The molecule has 0 rings (SSSR count). The van der Waals surface area contributed by atoms with Crippen LogP contribution < -0.4 is 0 Å². The van der Waals surface area contributed by atoms with E-state index in [9.17, 15) is 2.69 Å². The molecule has 0 aliphatic heterocycles. The number of rotatable bonds is 0. The van der Waals surface area contributed by atoms with Crippen LogP contribution in [0.5, 0.6) is 0 Å². The Bertz CT molecular complexity index is 29.0. The SMILES string of the molecule is [CH3][Pb]([CH3])=[O]. The molecule has 0 aliphatic rings. The summed E-state index contributed by atoms with van der Waals surface area (Å²) in [5, 5.41) is 0. The predicted octanol–water partition coefficient (Wildman–Crippen LogP) is 0.668. The molecule has 1 nitrogen and oxygen atoms in total. The van der Waals surface area contributed by atoms with Gasteiger partial charge in [-0.15, -0.1) is 0 Å². The van der Waals surface area contributed by atoms with Crippen molar-refractivity contribution in [3.05, 3.63) is 0 Å². The fourth-order valence-electron chi connectivity index (χ4n) is 0. The maximum atomic E-state index is 9.74. The first kappa shape index (κ1) is 4.72. The standard InChI is InChI=1S/2CH3.O.Pb/h2*1H3;;. The zero-order valence-electron chi connectivity index (χ0n) is 2.91. The van der Waals surface area contributed by atoms with E-state index in [0.29, 0.717) is 0 Å². The fourth-order valence-corrected chi connectivity index (χ4v) is 0. The normalized spacial score (nSPS) is 6.50. The van der Waals surface area contributed by atoms with Crippen LogP contribution in [0, 0.1) is 0 Å². The van der Waals surface area contributed by atoms with Gasteiger partial charge in [0.2, 0.25) is 0 Å². The van der Waals surface area contributed by atoms with E-state index in [2.05, 4.69) is 0 Å². The van der Waals surface area contributed by atoms with Gasteiger partial charge >= 0.3 is 34.4 Å². The van der Waals surface area contributed by atoms with Gasteiger partial charge in [0.15, 0.2) is 0 Å². The van der Waals surface area contributed by atoms with Crippen LogP contribution in [0.2, 0.25) is 8.97 Å². The molecular weight excluding hydrogens is 247 g/mol. The predicted molar refractivity (Wildman–Crippen MR) is 18.2 cm³/mol. The molecule has 0 heterocycles. The van der Waals surface area contributed by atoms with E-state index in [0.717, 1.165) is 0 Å². The fraction of sp³-hybridized carbons (Fsp3) is 1.00. The van der Waals surface area contributed by atoms with Crippen LogP contribution >= 0.6 is 0 Å². The Morgan fingerprint density at radius 3 is 1.50 bits per heavy atom. The van der Waals surface area contributed by atoms with Crippen LogP contribution in [0.15, 0.2) is 0 Å². The van der Waals surface area contributed by atoms with Gasteiger partial charge in [-0.3, -0.25) is 0 Å². The summed E-state index contributed by atoms with van der Waals surface area (Å²) in [5.74, 6) is 0. The third kappa shape index (κ3) is 15.5. The molecule has 0 aromatic rings. The monoisotopic (exact) mass is 254 g/mol. The summed E-state index contributed by atoms with van der Waals surface area (Å²) < 4.78 is 13.4. The van der Waals surface area contributed by atoms with Crippen molar-refractivity contribution in [3.8, 4) is 0 Å². The number of hydrogen-bond acceptors (Lipinski definition) is 1. The molecule has 0 N–H and O–H groups in total. The van der Waals surface area contributed by atoms with Gasteiger partial charge in [0.05, 0.1) is 0 Å². The molecule has 0 aromatic carbocycles. The Labute approximate surface area is 34.6 Å². The Balaban J connectivity index is 2.80. The Morgan fingerprint density at radius 1 is 1.50 bits per heavy atom. The summed E-state index contributed by atoms with van der Waals surface area (Å²) in [4.78, 5) is 0. The molecule has 0 unspecified atom stereocenters. The van der Waals surface area contributed by atoms with Crippen LogP contribution in [-0.2, 0) is 2.69 Å². The summed E-state index contributed by atoms with van der Waals surface area (Å²) in [5.41, 5.74) is 0. The summed E-state index contributed by atoms with van der Waals surface area (Å²) in [7, 11) is 0. The van der Waals surface area contributed by atoms with E-state index in [1.165, 1.54) is 0 Å². The van der Waals surface area contributed by atoms with E-state index in [4.69, 9.17) is 0 Å². The molecular formula is C2H6OPb. The topological polar surface area (TPSA) is 17.1 Å². The first-order valence-electron chi connectivity index (χ1n) is 1.20. The van der Waals surface area contributed by atoms with E-state index in [-0.39, 0.29) is 0 Å². The van der Waals surface area contributed by atoms with Crippen LogP contribution in [0.3, 0.4) is 0 Å². The second-order valence-corrected chi connectivity index (χ2v) is 7.97. The summed E-state index contributed by atoms with van der Waals surface area (Å²) >= 11 is -1.91. The minimum atomic E-state index is -1.91. The van der Waals surface area contributed by atoms with Crippen molar-refractivity contribution in [1.82, 2.24) is 0 Å². The minimum absolute atomic E-state index is 1.82. The number of hydrogen-bond donors (Lipinski definition) is 0. The van der Waals surface area contributed by atoms with Crippen LogP contribution in [0.25, 0.3) is 0 Å². The van der Waals surface area contributed by atoms with E-state index >= 15 is 0 Å². The second kappa shape index (κ2) is 1.99. The van der Waals surface area contributed by atoms with Gasteiger partial charge in [-0.1, -0.05) is 0 Å². The van der Waals surface area contributed by atoms with Gasteiger partial charge < -0.3 is 0 Å². The van der Waals surface area contributed by atoms with Crippen LogP contribution in [-0.4, -0.2) is 22.7 Å². The van der Waals surface area contributed by atoms with E-state index < -0.39 is 22.7 Å². The van der Waals surface area contributed by atoms with Crippen molar-refractivity contribution in [2.75, 3.05) is 0 Å². The van der Waals surface area contributed by atoms with Crippen molar-refractivity contribution >= 4 is 22.7 Å². The van der Waals surface area contributed by atoms with Gasteiger partial charge in [-0.05, 0) is 0 Å². The molecule has 2 heteroatoms. The molecule has 0 atom stereocenters. The summed E-state index contributed by atoms with van der Waals surface area (Å²) in [6.07, 6.45) is 0. The zero-order valence-corrected chi connectivity index (χ0v) is 6.80. The van der Waals surface area contributed by atoms with Crippen LogP contribution in [0.1, 0.15) is 0 Å². The Morgan fingerprint density at radius 2 is 1.50 bits per heavy atom. The van der Waals surface area contributed by atoms with Crippen molar-refractivity contribution in [3.63, 3.8) is 0 Å². The van der Waals surface area contributed by atoms with Crippen LogP contribution in [0.4, 0.5) is 0 Å². The summed E-state index contributed by atoms with van der Waals surface area (Å²) in [6, 6.07) is 0. The molecule has 0 aromatic heterocycles. The van der Waals surface area contributed by atoms with E-state index in [1.54, 1.807) is 0 Å².